The highest BCUT2D eigenvalue weighted by Crippen LogP contribution is 2.28. The minimum absolute atomic E-state index is 0.271. The number of benzene rings is 1. The van der Waals surface area contributed by atoms with Crippen molar-refractivity contribution in [1.82, 2.24) is 10.3 Å². The third-order valence-electron chi connectivity index (χ3n) is 3.68. The fraction of sp³-hybridized carbons (Fsp3) is 0.389. The van der Waals surface area contributed by atoms with Crippen LogP contribution >= 0.6 is 0 Å². The second-order valence-electron chi connectivity index (χ2n) is 5.53. The molecule has 1 N–H and O–H groups in total. The second-order valence-corrected chi connectivity index (χ2v) is 5.53. The minimum Gasteiger partial charge on any atom is -0.490 e. The highest BCUT2D eigenvalue weighted by atomic mass is 16.5. The zero-order valence-corrected chi connectivity index (χ0v) is 12.5. The summed E-state index contributed by atoms with van der Waals surface area (Å²) in [5.74, 6) is 0.985. The lowest BCUT2D eigenvalue weighted by Crippen LogP contribution is -2.23. The maximum Gasteiger partial charge on any atom is 0.120 e. The molecule has 3 heteroatoms. The van der Waals surface area contributed by atoms with Crippen LogP contribution in [0, 0.1) is 0 Å². The van der Waals surface area contributed by atoms with Gasteiger partial charge in [-0.3, -0.25) is 4.98 Å². The number of rotatable bonds is 7. The summed E-state index contributed by atoms with van der Waals surface area (Å²) < 4.78 is 5.90. The van der Waals surface area contributed by atoms with Gasteiger partial charge in [0, 0.05) is 24.4 Å². The number of likely N-dealkylation sites (N-methyl/N-ethyl adjacent to an activating group) is 1. The predicted octanol–water partition coefficient (Wildman–Crippen LogP) is 3.52. The molecule has 2 aromatic rings. The van der Waals surface area contributed by atoms with E-state index >= 15 is 0 Å². The summed E-state index contributed by atoms with van der Waals surface area (Å²) in [4.78, 5) is 4.44. The SMILES string of the molecule is CCNC(Cc1ccccn1)c1cccc(OC2CC2)c1. The van der Waals surface area contributed by atoms with Crippen molar-refractivity contribution >= 4 is 0 Å². The van der Waals surface area contributed by atoms with Crippen molar-refractivity contribution < 1.29 is 4.74 Å². The van der Waals surface area contributed by atoms with Gasteiger partial charge in [0.2, 0.25) is 0 Å². The van der Waals surface area contributed by atoms with Crippen LogP contribution in [0.15, 0.2) is 48.7 Å². The average Bonchev–Trinajstić information content (AvgIpc) is 3.32. The number of hydrogen-bond acceptors (Lipinski definition) is 3. The zero-order valence-electron chi connectivity index (χ0n) is 12.5. The summed E-state index contributed by atoms with van der Waals surface area (Å²) >= 11 is 0. The molecule has 21 heavy (non-hydrogen) atoms. The van der Waals surface area contributed by atoms with E-state index in [1.807, 2.05) is 24.4 Å². The van der Waals surface area contributed by atoms with Gasteiger partial charge >= 0.3 is 0 Å². The van der Waals surface area contributed by atoms with E-state index in [1.54, 1.807) is 0 Å². The predicted molar refractivity (Wildman–Crippen MR) is 84.5 cm³/mol. The molecule has 0 aliphatic heterocycles. The topological polar surface area (TPSA) is 34.2 Å². The van der Waals surface area contributed by atoms with Crippen molar-refractivity contribution in [1.29, 1.82) is 0 Å². The van der Waals surface area contributed by atoms with Gasteiger partial charge in [0.1, 0.15) is 5.75 Å². The normalized spacial score (nSPS) is 15.7. The molecule has 1 aromatic heterocycles. The van der Waals surface area contributed by atoms with Crippen molar-refractivity contribution in [2.45, 2.75) is 38.3 Å². The smallest absolute Gasteiger partial charge is 0.120 e. The molecule has 1 aliphatic carbocycles. The van der Waals surface area contributed by atoms with Gasteiger partial charge in [-0.2, -0.15) is 0 Å². The number of aromatic nitrogens is 1. The maximum absolute atomic E-state index is 5.90. The molecule has 0 radical (unpaired) electrons. The van der Waals surface area contributed by atoms with Crippen LogP contribution < -0.4 is 10.1 Å². The lowest BCUT2D eigenvalue weighted by Gasteiger charge is -2.19. The van der Waals surface area contributed by atoms with Gasteiger partial charge < -0.3 is 10.1 Å². The molecule has 3 rings (SSSR count). The Bertz CT molecular complexity index is 566. The Hall–Kier alpha value is -1.87. The third kappa shape index (κ3) is 4.05. The fourth-order valence-corrected chi connectivity index (χ4v) is 2.47. The second kappa shape index (κ2) is 6.72. The Morgan fingerprint density at radius 2 is 2.14 bits per heavy atom. The Labute approximate surface area is 126 Å². The maximum atomic E-state index is 5.90. The van der Waals surface area contributed by atoms with Gasteiger partial charge in [0.05, 0.1) is 6.10 Å². The highest BCUT2D eigenvalue weighted by Gasteiger charge is 2.23. The molecule has 1 aliphatic rings. The van der Waals surface area contributed by atoms with Gasteiger partial charge in [-0.15, -0.1) is 0 Å². The first-order valence-electron chi connectivity index (χ1n) is 7.75. The van der Waals surface area contributed by atoms with E-state index in [0.717, 1.165) is 24.4 Å². The summed E-state index contributed by atoms with van der Waals surface area (Å²) in [5.41, 5.74) is 2.37. The van der Waals surface area contributed by atoms with E-state index in [1.165, 1.54) is 18.4 Å². The molecular formula is C18H22N2O. The van der Waals surface area contributed by atoms with Crippen LogP contribution in [0.25, 0.3) is 0 Å². The van der Waals surface area contributed by atoms with Crippen LogP contribution in [0.1, 0.15) is 37.1 Å². The standard InChI is InChI=1S/C18H22N2O/c1-2-19-18(13-15-7-3-4-11-20-15)14-6-5-8-17(12-14)21-16-9-10-16/h3-8,11-12,16,18-19H,2,9-10,13H2,1H3. The number of nitrogens with one attached hydrogen (secondary N) is 1. The van der Waals surface area contributed by atoms with Crippen molar-refractivity contribution in [3.8, 4) is 5.75 Å². The molecule has 0 spiro atoms. The van der Waals surface area contributed by atoms with Crippen LogP contribution in [-0.4, -0.2) is 17.6 Å². The van der Waals surface area contributed by atoms with E-state index in [4.69, 9.17) is 4.74 Å². The van der Waals surface area contributed by atoms with Gasteiger partial charge in [-0.05, 0) is 49.2 Å². The quantitative estimate of drug-likeness (QED) is 0.843. The summed E-state index contributed by atoms with van der Waals surface area (Å²) in [6.07, 6.45) is 5.56. The molecule has 1 unspecified atom stereocenters. The van der Waals surface area contributed by atoms with Crippen molar-refractivity contribution in [2.75, 3.05) is 6.54 Å². The molecular weight excluding hydrogens is 260 g/mol. The van der Waals surface area contributed by atoms with E-state index in [9.17, 15) is 0 Å². The Balaban J connectivity index is 1.75. The van der Waals surface area contributed by atoms with Gasteiger partial charge in [0.25, 0.3) is 0 Å². The summed E-state index contributed by atoms with van der Waals surface area (Å²) in [6.45, 7) is 3.07. The van der Waals surface area contributed by atoms with Gasteiger partial charge in [0.15, 0.2) is 0 Å². The lowest BCUT2D eigenvalue weighted by molar-refractivity contribution is 0.302. The van der Waals surface area contributed by atoms with Crippen LogP contribution in [0.4, 0.5) is 0 Å². The van der Waals surface area contributed by atoms with Gasteiger partial charge in [-0.25, -0.2) is 0 Å². The van der Waals surface area contributed by atoms with Crippen molar-refractivity contribution in [2.24, 2.45) is 0 Å². The molecule has 0 amide bonds. The molecule has 3 nitrogen and oxygen atoms in total. The molecule has 1 fully saturated rings. The average molecular weight is 282 g/mol. The summed E-state index contributed by atoms with van der Waals surface area (Å²) in [7, 11) is 0. The molecule has 1 heterocycles. The highest BCUT2D eigenvalue weighted by molar-refractivity contribution is 5.32. The van der Waals surface area contributed by atoms with E-state index in [-0.39, 0.29) is 6.04 Å². The van der Waals surface area contributed by atoms with Crippen LogP contribution in [0.2, 0.25) is 0 Å². The Morgan fingerprint density at radius 3 is 2.86 bits per heavy atom. The lowest BCUT2D eigenvalue weighted by atomic mass is 10.0. The first-order valence-corrected chi connectivity index (χ1v) is 7.75. The molecule has 1 atom stereocenters. The number of hydrogen-bond donors (Lipinski definition) is 1. The largest absolute Gasteiger partial charge is 0.490 e. The van der Waals surface area contributed by atoms with Crippen molar-refractivity contribution in [3.05, 3.63) is 59.9 Å². The molecule has 1 aromatic carbocycles. The summed E-state index contributed by atoms with van der Waals surface area (Å²) in [5, 5.41) is 3.55. The number of pyridine rings is 1. The van der Waals surface area contributed by atoms with Crippen molar-refractivity contribution in [3.63, 3.8) is 0 Å². The van der Waals surface area contributed by atoms with Crippen LogP contribution in [0.5, 0.6) is 5.75 Å². The molecule has 110 valence electrons. The van der Waals surface area contributed by atoms with E-state index < -0.39 is 0 Å². The fourth-order valence-electron chi connectivity index (χ4n) is 2.47. The van der Waals surface area contributed by atoms with E-state index in [0.29, 0.717) is 6.10 Å². The first kappa shape index (κ1) is 14.1. The Morgan fingerprint density at radius 1 is 1.24 bits per heavy atom. The number of nitrogens with zero attached hydrogens (tertiary/aromatic N) is 1. The number of ether oxygens (including phenoxy) is 1. The first-order chi connectivity index (χ1) is 10.3. The Kier molecular flexibility index (Phi) is 4.51. The van der Waals surface area contributed by atoms with Crippen LogP contribution in [0.3, 0.4) is 0 Å². The van der Waals surface area contributed by atoms with E-state index in [2.05, 4.69) is 41.5 Å². The summed E-state index contributed by atoms with van der Waals surface area (Å²) in [6, 6.07) is 14.8. The van der Waals surface area contributed by atoms with Crippen LogP contribution in [-0.2, 0) is 6.42 Å². The van der Waals surface area contributed by atoms with Gasteiger partial charge in [-0.1, -0.05) is 25.1 Å². The molecule has 0 saturated heterocycles. The zero-order chi connectivity index (χ0) is 14.5. The monoisotopic (exact) mass is 282 g/mol. The molecule has 0 bridgehead atoms. The minimum atomic E-state index is 0.271. The molecule has 1 saturated carbocycles. The third-order valence-corrected chi connectivity index (χ3v) is 3.68.